The Bertz CT molecular complexity index is 1210. The summed E-state index contributed by atoms with van der Waals surface area (Å²) in [5.41, 5.74) is 1.99. The third kappa shape index (κ3) is 5.47. The molecule has 2 fully saturated rings. The molecule has 38 heavy (non-hydrogen) atoms. The molecule has 0 radical (unpaired) electrons. The highest BCUT2D eigenvalue weighted by atomic mass is 35.5. The van der Waals surface area contributed by atoms with Crippen molar-refractivity contribution in [3.8, 4) is 0 Å². The fraction of sp³-hybridized carbons (Fsp3) is 0.333. The van der Waals surface area contributed by atoms with Crippen LogP contribution < -0.4 is 5.32 Å². The molecule has 2 aliphatic heterocycles. The van der Waals surface area contributed by atoms with Crippen LogP contribution in [0.3, 0.4) is 0 Å². The lowest BCUT2D eigenvalue weighted by Gasteiger charge is -2.40. The number of carbonyl (C=O) groups is 2. The largest absolute Gasteiger partial charge is 0.390 e. The van der Waals surface area contributed by atoms with Gasteiger partial charge in [0.2, 0.25) is 0 Å². The number of nitrogens with zero attached hydrogens (tertiary/aromatic N) is 3. The summed E-state index contributed by atoms with van der Waals surface area (Å²) in [7, 11) is 0. The number of rotatable bonds is 8. The molecular weight excluding hydrogens is 500 g/mol. The van der Waals surface area contributed by atoms with Gasteiger partial charge in [-0.2, -0.15) is 0 Å². The van der Waals surface area contributed by atoms with Crippen molar-refractivity contribution in [2.24, 2.45) is 0 Å². The summed E-state index contributed by atoms with van der Waals surface area (Å²) in [5.74, 6) is -0.373. The predicted molar refractivity (Wildman–Crippen MR) is 148 cm³/mol. The van der Waals surface area contributed by atoms with E-state index in [4.69, 9.17) is 11.6 Å². The normalized spacial score (nSPS) is 21.6. The van der Waals surface area contributed by atoms with E-state index in [2.05, 4.69) is 63.6 Å². The minimum atomic E-state index is -1.18. The number of nitrogens with one attached hydrogen (secondary N) is 1. The van der Waals surface area contributed by atoms with Crippen LogP contribution in [0, 0.1) is 0 Å². The van der Waals surface area contributed by atoms with Crippen LogP contribution >= 0.6 is 11.6 Å². The highest BCUT2D eigenvalue weighted by Crippen LogP contribution is 2.31. The SMILES string of the molecule is CC1(c2ccc(Cl)cc2)NC(=O)N(CC(O)CN2CCN(C(c3ccccc3)c3ccccc3)CC2)C1=O. The number of hydrogen-bond acceptors (Lipinski definition) is 5. The molecule has 3 aromatic carbocycles. The van der Waals surface area contributed by atoms with Crippen LogP contribution in [0.1, 0.15) is 29.7 Å². The van der Waals surface area contributed by atoms with E-state index in [1.165, 1.54) is 11.1 Å². The minimum Gasteiger partial charge on any atom is -0.390 e. The Morgan fingerprint density at radius 1 is 0.842 bits per heavy atom. The van der Waals surface area contributed by atoms with Crippen molar-refractivity contribution in [2.75, 3.05) is 39.3 Å². The number of amides is 3. The molecule has 2 aliphatic rings. The number of piperazine rings is 1. The van der Waals surface area contributed by atoms with Crippen LogP contribution in [0.5, 0.6) is 0 Å². The van der Waals surface area contributed by atoms with Gasteiger partial charge in [-0.25, -0.2) is 4.79 Å². The van der Waals surface area contributed by atoms with Crippen LogP contribution in [0.25, 0.3) is 0 Å². The van der Waals surface area contributed by atoms with E-state index in [0.29, 0.717) is 17.1 Å². The van der Waals surface area contributed by atoms with E-state index in [1.807, 2.05) is 12.1 Å². The van der Waals surface area contributed by atoms with Gasteiger partial charge in [0, 0.05) is 37.7 Å². The van der Waals surface area contributed by atoms with E-state index in [-0.39, 0.29) is 18.5 Å². The summed E-state index contributed by atoms with van der Waals surface area (Å²) in [5, 5.41) is 14.2. The molecule has 0 bridgehead atoms. The number of β-amino-alcohol motifs (C(OH)–C–C–N with tert-alkyl or cyclic N) is 1. The Morgan fingerprint density at radius 3 is 1.95 bits per heavy atom. The van der Waals surface area contributed by atoms with E-state index < -0.39 is 17.7 Å². The molecule has 0 aromatic heterocycles. The number of urea groups is 1. The molecule has 7 nitrogen and oxygen atoms in total. The highest BCUT2D eigenvalue weighted by molar-refractivity contribution is 6.30. The molecule has 2 atom stereocenters. The fourth-order valence-electron chi connectivity index (χ4n) is 5.50. The molecule has 3 aromatic rings. The molecular formula is C30H33ClN4O3. The molecule has 3 amide bonds. The number of carbonyl (C=O) groups excluding carboxylic acids is 2. The maximum atomic E-state index is 13.2. The average Bonchev–Trinajstić information content (AvgIpc) is 3.15. The van der Waals surface area contributed by atoms with Crippen molar-refractivity contribution in [3.05, 3.63) is 107 Å². The van der Waals surface area contributed by atoms with Crippen molar-refractivity contribution in [3.63, 3.8) is 0 Å². The molecule has 0 saturated carbocycles. The smallest absolute Gasteiger partial charge is 0.325 e. The lowest BCUT2D eigenvalue weighted by Crippen LogP contribution is -2.51. The maximum Gasteiger partial charge on any atom is 0.325 e. The van der Waals surface area contributed by atoms with Gasteiger partial charge >= 0.3 is 6.03 Å². The molecule has 2 N–H and O–H groups in total. The number of halogens is 1. The van der Waals surface area contributed by atoms with Gasteiger partial charge in [0.05, 0.1) is 18.7 Å². The minimum absolute atomic E-state index is 0.0509. The summed E-state index contributed by atoms with van der Waals surface area (Å²) in [6.45, 7) is 5.29. The van der Waals surface area contributed by atoms with Crippen molar-refractivity contribution < 1.29 is 14.7 Å². The van der Waals surface area contributed by atoms with Crippen LogP contribution in [-0.4, -0.2) is 77.1 Å². The lowest BCUT2D eigenvalue weighted by molar-refractivity contribution is -0.132. The number of hydrogen-bond donors (Lipinski definition) is 2. The van der Waals surface area contributed by atoms with Crippen molar-refractivity contribution in [2.45, 2.75) is 24.6 Å². The van der Waals surface area contributed by atoms with Gasteiger partial charge in [-0.15, -0.1) is 0 Å². The summed E-state index contributed by atoms with van der Waals surface area (Å²) in [6, 6.07) is 27.6. The molecule has 0 spiro atoms. The summed E-state index contributed by atoms with van der Waals surface area (Å²) in [4.78, 5) is 31.7. The van der Waals surface area contributed by atoms with E-state index in [9.17, 15) is 14.7 Å². The third-order valence-electron chi connectivity index (χ3n) is 7.56. The quantitative estimate of drug-likeness (QED) is 0.431. The molecule has 2 saturated heterocycles. The molecule has 8 heteroatoms. The van der Waals surface area contributed by atoms with Gasteiger partial charge in [-0.1, -0.05) is 84.4 Å². The summed E-state index contributed by atoms with van der Waals surface area (Å²) in [6.07, 6.45) is -0.845. The van der Waals surface area contributed by atoms with E-state index in [1.54, 1.807) is 31.2 Å². The number of benzene rings is 3. The first-order valence-electron chi connectivity index (χ1n) is 13.0. The first-order chi connectivity index (χ1) is 18.3. The second-order valence-corrected chi connectivity index (χ2v) is 10.6. The van der Waals surface area contributed by atoms with E-state index >= 15 is 0 Å². The van der Waals surface area contributed by atoms with Crippen LogP contribution in [0.4, 0.5) is 4.79 Å². The van der Waals surface area contributed by atoms with Gasteiger partial charge < -0.3 is 10.4 Å². The number of aliphatic hydroxyl groups is 1. The zero-order valence-electron chi connectivity index (χ0n) is 21.5. The Morgan fingerprint density at radius 2 is 1.39 bits per heavy atom. The first kappa shape index (κ1) is 26.4. The van der Waals surface area contributed by atoms with Crippen LogP contribution in [0.15, 0.2) is 84.9 Å². The van der Waals surface area contributed by atoms with Gasteiger partial charge in [0.1, 0.15) is 5.54 Å². The number of imide groups is 1. The first-order valence-corrected chi connectivity index (χ1v) is 13.4. The van der Waals surface area contributed by atoms with Gasteiger partial charge in [0.15, 0.2) is 0 Å². The highest BCUT2D eigenvalue weighted by Gasteiger charge is 2.49. The zero-order chi connectivity index (χ0) is 26.7. The van der Waals surface area contributed by atoms with E-state index in [0.717, 1.165) is 31.1 Å². The number of aliphatic hydroxyl groups excluding tert-OH is 1. The van der Waals surface area contributed by atoms with Crippen molar-refractivity contribution >= 4 is 23.5 Å². The van der Waals surface area contributed by atoms with Crippen molar-refractivity contribution in [1.29, 1.82) is 0 Å². The van der Waals surface area contributed by atoms with Gasteiger partial charge in [0.25, 0.3) is 5.91 Å². The molecule has 2 unspecified atom stereocenters. The molecule has 5 rings (SSSR count). The topological polar surface area (TPSA) is 76.1 Å². The van der Waals surface area contributed by atoms with Crippen molar-refractivity contribution in [1.82, 2.24) is 20.0 Å². The fourth-order valence-corrected chi connectivity index (χ4v) is 5.62. The lowest BCUT2D eigenvalue weighted by atomic mass is 9.92. The second-order valence-electron chi connectivity index (χ2n) is 10.2. The standard InChI is InChI=1S/C30H33ClN4O3/c1-30(24-12-14-25(31)15-13-24)28(37)35(29(38)32-30)21-26(36)20-33-16-18-34(19-17-33)27(22-8-4-2-5-9-22)23-10-6-3-7-11-23/h2-15,26-27,36H,16-21H2,1H3,(H,32,38). The Hall–Kier alpha value is -3.23. The monoisotopic (exact) mass is 532 g/mol. The van der Waals surface area contributed by atoms with Crippen LogP contribution in [-0.2, 0) is 10.3 Å². The maximum absolute atomic E-state index is 13.2. The predicted octanol–water partition coefficient (Wildman–Crippen LogP) is 3.88. The zero-order valence-corrected chi connectivity index (χ0v) is 22.2. The summed E-state index contributed by atoms with van der Waals surface area (Å²) >= 11 is 5.98. The van der Waals surface area contributed by atoms with Crippen LogP contribution in [0.2, 0.25) is 5.02 Å². The van der Waals surface area contributed by atoms with Gasteiger partial charge in [-0.3, -0.25) is 19.5 Å². The molecule has 2 heterocycles. The molecule has 198 valence electrons. The Balaban J connectivity index is 1.19. The molecule has 0 aliphatic carbocycles. The Kier molecular flexibility index (Phi) is 7.81. The van der Waals surface area contributed by atoms with Gasteiger partial charge in [-0.05, 0) is 35.7 Å². The Labute approximate surface area is 228 Å². The third-order valence-corrected chi connectivity index (χ3v) is 7.81. The summed E-state index contributed by atoms with van der Waals surface area (Å²) < 4.78 is 0. The second kappa shape index (κ2) is 11.3. The average molecular weight is 533 g/mol.